The highest BCUT2D eigenvalue weighted by Crippen LogP contribution is 2.28. The van der Waals surface area contributed by atoms with E-state index in [9.17, 15) is 5.11 Å². The average Bonchev–Trinajstić information content (AvgIpc) is 3.10. The lowest BCUT2D eigenvalue weighted by Gasteiger charge is -2.41. The summed E-state index contributed by atoms with van der Waals surface area (Å²) in [6.07, 6.45) is 0.0635. The monoisotopic (exact) mass is 326 g/mol. The van der Waals surface area contributed by atoms with E-state index in [0.717, 1.165) is 52.4 Å². The number of hydrogen-bond donors (Lipinski definition) is 1. The van der Waals surface area contributed by atoms with E-state index in [2.05, 4.69) is 47.7 Å². The van der Waals surface area contributed by atoms with E-state index >= 15 is 0 Å². The molecule has 0 aromatic carbocycles. The maximum atomic E-state index is 10.4. The molecule has 0 aromatic heterocycles. The Hall–Kier alpha value is -0.240. The largest absolute Gasteiger partial charge is 0.390 e. The number of aliphatic hydroxyl groups excluding tert-OH is 1. The number of nitrogens with zero attached hydrogens (tertiary/aromatic N) is 4. The summed E-state index contributed by atoms with van der Waals surface area (Å²) in [5.41, 5.74) is 0. The lowest BCUT2D eigenvalue weighted by atomic mass is 9.94. The SMILES string of the molecule is CCN1CC(O)C(N2CCOC(C3CN(C)CC3N(C)C)C2)C1. The quantitative estimate of drug-likeness (QED) is 0.733. The minimum atomic E-state index is -0.218. The topological polar surface area (TPSA) is 42.4 Å². The highest BCUT2D eigenvalue weighted by atomic mass is 16.5. The van der Waals surface area contributed by atoms with Gasteiger partial charge < -0.3 is 19.6 Å². The number of likely N-dealkylation sites (tertiary alicyclic amines) is 2. The summed E-state index contributed by atoms with van der Waals surface area (Å²) in [5, 5.41) is 10.4. The lowest BCUT2D eigenvalue weighted by Crippen LogP contribution is -2.55. The first kappa shape index (κ1) is 17.6. The molecule has 0 aliphatic carbocycles. The Morgan fingerprint density at radius 1 is 1.13 bits per heavy atom. The molecule has 3 rings (SSSR count). The van der Waals surface area contributed by atoms with Crippen molar-refractivity contribution in [2.24, 2.45) is 5.92 Å². The molecule has 3 aliphatic heterocycles. The van der Waals surface area contributed by atoms with Crippen molar-refractivity contribution in [3.05, 3.63) is 0 Å². The van der Waals surface area contributed by atoms with Crippen LogP contribution in [-0.4, -0.2) is 123 Å². The van der Waals surface area contributed by atoms with Crippen molar-refractivity contribution in [3.63, 3.8) is 0 Å². The van der Waals surface area contributed by atoms with Gasteiger partial charge in [0.15, 0.2) is 0 Å². The third-order valence-electron chi connectivity index (χ3n) is 6.03. The van der Waals surface area contributed by atoms with Gasteiger partial charge in [0, 0.05) is 57.3 Å². The van der Waals surface area contributed by atoms with E-state index < -0.39 is 0 Å². The first-order valence-electron chi connectivity index (χ1n) is 9.10. The molecule has 0 radical (unpaired) electrons. The third-order valence-corrected chi connectivity index (χ3v) is 6.03. The number of rotatable bonds is 4. The predicted octanol–water partition coefficient (Wildman–Crippen LogP) is -0.756. The predicted molar refractivity (Wildman–Crippen MR) is 91.7 cm³/mol. The van der Waals surface area contributed by atoms with Crippen molar-refractivity contribution >= 4 is 0 Å². The number of aliphatic hydroxyl groups is 1. The van der Waals surface area contributed by atoms with Crippen molar-refractivity contribution in [3.8, 4) is 0 Å². The van der Waals surface area contributed by atoms with E-state index in [-0.39, 0.29) is 18.2 Å². The van der Waals surface area contributed by atoms with Crippen LogP contribution >= 0.6 is 0 Å². The van der Waals surface area contributed by atoms with Gasteiger partial charge in [-0.15, -0.1) is 0 Å². The van der Waals surface area contributed by atoms with Crippen LogP contribution in [0.4, 0.5) is 0 Å². The fourth-order valence-electron chi connectivity index (χ4n) is 4.64. The Balaban J connectivity index is 1.64. The van der Waals surface area contributed by atoms with Gasteiger partial charge in [-0.25, -0.2) is 0 Å². The van der Waals surface area contributed by atoms with E-state index in [1.54, 1.807) is 0 Å². The average molecular weight is 326 g/mol. The molecule has 3 aliphatic rings. The van der Waals surface area contributed by atoms with Crippen LogP contribution in [0.1, 0.15) is 6.92 Å². The van der Waals surface area contributed by atoms with Crippen LogP contribution in [0.3, 0.4) is 0 Å². The fourth-order valence-corrected chi connectivity index (χ4v) is 4.64. The van der Waals surface area contributed by atoms with Crippen molar-refractivity contribution < 1.29 is 9.84 Å². The summed E-state index contributed by atoms with van der Waals surface area (Å²) in [5.74, 6) is 0.554. The normalized spacial score (nSPS) is 41.2. The van der Waals surface area contributed by atoms with Crippen LogP contribution in [0.15, 0.2) is 0 Å². The Labute approximate surface area is 141 Å². The highest BCUT2D eigenvalue weighted by molar-refractivity contribution is 4.97. The van der Waals surface area contributed by atoms with Gasteiger partial charge in [-0.05, 0) is 27.7 Å². The zero-order valence-corrected chi connectivity index (χ0v) is 15.2. The molecule has 0 amide bonds. The smallest absolute Gasteiger partial charge is 0.0834 e. The summed E-state index contributed by atoms with van der Waals surface area (Å²) in [4.78, 5) is 9.60. The number of morpholine rings is 1. The second kappa shape index (κ2) is 7.33. The molecule has 6 nitrogen and oxygen atoms in total. The molecule has 5 unspecified atom stereocenters. The molecule has 5 atom stereocenters. The molecule has 3 fully saturated rings. The summed E-state index contributed by atoms with van der Waals surface area (Å²) in [7, 11) is 6.56. The van der Waals surface area contributed by atoms with Gasteiger partial charge in [0.1, 0.15) is 0 Å². The van der Waals surface area contributed by atoms with Gasteiger partial charge in [0.25, 0.3) is 0 Å². The van der Waals surface area contributed by atoms with E-state index in [0.29, 0.717) is 12.0 Å². The second-order valence-corrected chi connectivity index (χ2v) is 7.81. The van der Waals surface area contributed by atoms with Gasteiger partial charge >= 0.3 is 0 Å². The number of ether oxygens (including phenoxy) is 1. The first-order valence-corrected chi connectivity index (χ1v) is 9.10. The molecule has 0 spiro atoms. The Morgan fingerprint density at radius 2 is 1.91 bits per heavy atom. The third kappa shape index (κ3) is 3.72. The van der Waals surface area contributed by atoms with Gasteiger partial charge in [0.05, 0.1) is 18.8 Å². The van der Waals surface area contributed by atoms with Gasteiger partial charge in [0.2, 0.25) is 0 Å². The maximum Gasteiger partial charge on any atom is 0.0834 e. The molecule has 0 aromatic rings. The number of β-amino-alcohol motifs (C(OH)–C–C–N with tert-alkyl or cyclic N) is 1. The van der Waals surface area contributed by atoms with Crippen LogP contribution in [-0.2, 0) is 4.74 Å². The molecule has 0 saturated carbocycles. The van der Waals surface area contributed by atoms with Crippen LogP contribution < -0.4 is 0 Å². The van der Waals surface area contributed by atoms with Crippen molar-refractivity contribution in [2.45, 2.75) is 31.2 Å². The molecule has 1 N–H and O–H groups in total. The van der Waals surface area contributed by atoms with Crippen molar-refractivity contribution in [1.29, 1.82) is 0 Å². The van der Waals surface area contributed by atoms with Crippen LogP contribution in [0.5, 0.6) is 0 Å². The zero-order valence-electron chi connectivity index (χ0n) is 15.2. The van der Waals surface area contributed by atoms with E-state index in [1.807, 2.05) is 0 Å². The van der Waals surface area contributed by atoms with E-state index in [1.165, 1.54) is 0 Å². The maximum absolute atomic E-state index is 10.4. The van der Waals surface area contributed by atoms with Crippen LogP contribution in [0, 0.1) is 5.92 Å². The molecule has 3 heterocycles. The Morgan fingerprint density at radius 3 is 2.57 bits per heavy atom. The zero-order chi connectivity index (χ0) is 16.6. The van der Waals surface area contributed by atoms with Crippen molar-refractivity contribution in [2.75, 3.05) is 73.6 Å². The standard InChI is InChI=1S/C17H34N4O2/c1-5-20-10-15(16(22)11-20)21-6-7-23-17(12-21)13-8-19(4)9-14(13)18(2)3/h13-17,22H,5-12H2,1-4H3. The lowest BCUT2D eigenvalue weighted by molar-refractivity contribution is -0.0845. The minimum absolute atomic E-state index is 0.218. The molecule has 134 valence electrons. The van der Waals surface area contributed by atoms with Crippen LogP contribution in [0.25, 0.3) is 0 Å². The molecule has 0 bridgehead atoms. The summed E-state index contributed by atoms with van der Waals surface area (Å²) in [6, 6.07) is 0.837. The Kier molecular flexibility index (Phi) is 5.61. The van der Waals surface area contributed by atoms with Gasteiger partial charge in [-0.3, -0.25) is 9.80 Å². The summed E-state index contributed by atoms with van der Waals surface area (Å²) >= 11 is 0. The molecule has 23 heavy (non-hydrogen) atoms. The van der Waals surface area contributed by atoms with Gasteiger partial charge in [-0.1, -0.05) is 6.92 Å². The molecular formula is C17H34N4O2. The van der Waals surface area contributed by atoms with Gasteiger partial charge in [-0.2, -0.15) is 0 Å². The van der Waals surface area contributed by atoms with Crippen LogP contribution in [0.2, 0.25) is 0 Å². The first-order chi connectivity index (χ1) is 11.0. The minimum Gasteiger partial charge on any atom is -0.390 e. The van der Waals surface area contributed by atoms with E-state index in [4.69, 9.17) is 4.74 Å². The number of hydrogen-bond acceptors (Lipinski definition) is 6. The molecular weight excluding hydrogens is 292 g/mol. The molecule has 6 heteroatoms. The highest BCUT2D eigenvalue weighted by Gasteiger charge is 2.43. The summed E-state index contributed by atoms with van der Waals surface area (Å²) in [6.45, 7) is 9.93. The van der Waals surface area contributed by atoms with Crippen molar-refractivity contribution in [1.82, 2.24) is 19.6 Å². The Bertz CT molecular complexity index is 395. The molecule has 3 saturated heterocycles. The summed E-state index contributed by atoms with van der Waals surface area (Å²) < 4.78 is 6.18. The fraction of sp³-hybridized carbons (Fsp3) is 1.00. The second-order valence-electron chi connectivity index (χ2n) is 7.81. The number of likely N-dealkylation sites (N-methyl/N-ethyl adjacent to an activating group) is 3.